The number of nitrogen functional groups attached to an aromatic ring is 1. The summed E-state index contributed by atoms with van der Waals surface area (Å²) in [5.74, 6) is -0.0844. The highest BCUT2D eigenvalue weighted by Crippen LogP contribution is 2.09. The predicted molar refractivity (Wildman–Crippen MR) is 69.9 cm³/mol. The van der Waals surface area contributed by atoms with Gasteiger partial charge in [-0.25, -0.2) is 0 Å². The van der Waals surface area contributed by atoms with Crippen molar-refractivity contribution in [2.75, 3.05) is 12.3 Å². The lowest BCUT2D eigenvalue weighted by molar-refractivity contribution is 0.0952. The molecule has 0 aromatic carbocycles. The van der Waals surface area contributed by atoms with Gasteiger partial charge in [0.15, 0.2) is 0 Å². The van der Waals surface area contributed by atoms with E-state index in [1.165, 1.54) is 12.8 Å². The molecular weight excluding hydrogens is 214 g/mol. The minimum absolute atomic E-state index is 0.0844. The molecule has 0 aliphatic carbocycles. The summed E-state index contributed by atoms with van der Waals surface area (Å²) in [6.07, 6.45) is 6.16. The molecule has 0 saturated carbocycles. The normalized spacial score (nSPS) is 10.2. The summed E-state index contributed by atoms with van der Waals surface area (Å²) in [5.41, 5.74) is 7.42. The maximum absolute atomic E-state index is 11.8. The van der Waals surface area contributed by atoms with Crippen molar-refractivity contribution in [3.8, 4) is 0 Å². The van der Waals surface area contributed by atoms with Crippen LogP contribution in [-0.2, 0) is 0 Å². The van der Waals surface area contributed by atoms with Crippen LogP contribution in [-0.4, -0.2) is 17.4 Å². The first-order chi connectivity index (χ1) is 8.15. The molecule has 1 aromatic rings. The number of unbranched alkanes of at least 4 members (excludes halogenated alkanes) is 3. The Bertz CT molecular complexity index is 377. The average Bonchev–Trinajstić information content (AvgIpc) is 2.32. The van der Waals surface area contributed by atoms with E-state index >= 15 is 0 Å². The van der Waals surface area contributed by atoms with E-state index in [4.69, 9.17) is 5.73 Å². The lowest BCUT2D eigenvalue weighted by atomic mass is 10.1. The number of aromatic nitrogens is 1. The third-order valence-corrected chi connectivity index (χ3v) is 2.67. The topological polar surface area (TPSA) is 68.0 Å². The molecule has 0 aliphatic heterocycles. The molecule has 1 amide bonds. The molecule has 0 fully saturated rings. The van der Waals surface area contributed by atoms with Crippen LogP contribution in [0.2, 0.25) is 0 Å². The van der Waals surface area contributed by atoms with Crippen LogP contribution in [0.5, 0.6) is 0 Å². The zero-order valence-corrected chi connectivity index (χ0v) is 10.6. The standard InChI is InChI=1S/C13H21N3O/c1-3-4-5-6-7-15-13(17)12-8-11(14)9-16-10(12)2/h8-9H,3-7,14H2,1-2H3,(H,15,17). The summed E-state index contributed by atoms with van der Waals surface area (Å²) in [6.45, 7) is 4.69. The number of amides is 1. The Hall–Kier alpha value is -1.58. The minimum Gasteiger partial charge on any atom is -0.397 e. The van der Waals surface area contributed by atoms with Gasteiger partial charge in [0.25, 0.3) is 5.91 Å². The number of nitrogens with two attached hydrogens (primary N) is 1. The Balaban J connectivity index is 2.44. The van der Waals surface area contributed by atoms with Crippen LogP contribution >= 0.6 is 0 Å². The fourth-order valence-electron chi connectivity index (χ4n) is 1.63. The molecule has 0 unspecified atom stereocenters. The van der Waals surface area contributed by atoms with Gasteiger partial charge in [0.2, 0.25) is 0 Å². The number of pyridine rings is 1. The van der Waals surface area contributed by atoms with Crippen molar-refractivity contribution in [2.45, 2.75) is 39.5 Å². The quantitative estimate of drug-likeness (QED) is 0.743. The third-order valence-electron chi connectivity index (χ3n) is 2.67. The number of anilines is 1. The fraction of sp³-hybridized carbons (Fsp3) is 0.538. The molecule has 0 atom stereocenters. The molecule has 4 nitrogen and oxygen atoms in total. The predicted octanol–water partition coefficient (Wildman–Crippen LogP) is 2.28. The van der Waals surface area contributed by atoms with Gasteiger partial charge in [-0.2, -0.15) is 0 Å². The molecular formula is C13H21N3O. The minimum atomic E-state index is -0.0844. The van der Waals surface area contributed by atoms with Gasteiger partial charge in [-0.05, 0) is 19.4 Å². The lowest BCUT2D eigenvalue weighted by Gasteiger charge is -2.07. The largest absolute Gasteiger partial charge is 0.397 e. The number of aryl methyl sites for hydroxylation is 1. The second-order valence-corrected chi connectivity index (χ2v) is 4.22. The number of nitrogens with one attached hydrogen (secondary N) is 1. The molecule has 0 radical (unpaired) electrons. The highest BCUT2D eigenvalue weighted by molar-refractivity contribution is 5.95. The van der Waals surface area contributed by atoms with Crippen LogP contribution in [0.3, 0.4) is 0 Å². The van der Waals surface area contributed by atoms with E-state index in [2.05, 4.69) is 17.2 Å². The van der Waals surface area contributed by atoms with E-state index in [9.17, 15) is 4.79 Å². The summed E-state index contributed by atoms with van der Waals surface area (Å²) in [4.78, 5) is 15.9. The first-order valence-corrected chi connectivity index (χ1v) is 6.15. The molecule has 1 rings (SSSR count). The van der Waals surface area contributed by atoms with E-state index in [-0.39, 0.29) is 5.91 Å². The summed E-state index contributed by atoms with van der Waals surface area (Å²) in [7, 11) is 0. The van der Waals surface area contributed by atoms with E-state index in [0.29, 0.717) is 23.5 Å². The van der Waals surface area contributed by atoms with Crippen molar-refractivity contribution in [1.29, 1.82) is 0 Å². The molecule has 0 bridgehead atoms. The number of hydrogen-bond donors (Lipinski definition) is 2. The SMILES string of the molecule is CCCCCCNC(=O)c1cc(N)cnc1C. The summed E-state index contributed by atoms with van der Waals surface area (Å²) in [5, 5.41) is 2.89. The maximum atomic E-state index is 11.8. The van der Waals surface area contributed by atoms with Gasteiger partial charge in [-0.1, -0.05) is 26.2 Å². The summed E-state index contributed by atoms with van der Waals surface area (Å²) in [6, 6.07) is 1.67. The van der Waals surface area contributed by atoms with Gasteiger partial charge in [0.05, 0.1) is 23.1 Å². The number of nitrogens with zero attached hydrogens (tertiary/aromatic N) is 1. The molecule has 1 aromatic heterocycles. The van der Waals surface area contributed by atoms with Crippen molar-refractivity contribution in [3.05, 3.63) is 23.5 Å². The molecule has 0 spiro atoms. The van der Waals surface area contributed by atoms with Crippen molar-refractivity contribution >= 4 is 11.6 Å². The Morgan fingerprint density at radius 2 is 2.18 bits per heavy atom. The first kappa shape index (κ1) is 13.5. The monoisotopic (exact) mass is 235 g/mol. The van der Waals surface area contributed by atoms with Gasteiger partial charge < -0.3 is 11.1 Å². The molecule has 1 heterocycles. The van der Waals surface area contributed by atoms with E-state index in [1.807, 2.05) is 6.92 Å². The van der Waals surface area contributed by atoms with Crippen LogP contribution < -0.4 is 11.1 Å². The zero-order chi connectivity index (χ0) is 12.7. The summed E-state index contributed by atoms with van der Waals surface area (Å²) >= 11 is 0. The van der Waals surface area contributed by atoms with Crippen LogP contribution in [0.1, 0.15) is 48.7 Å². The molecule has 4 heteroatoms. The number of rotatable bonds is 6. The average molecular weight is 235 g/mol. The van der Waals surface area contributed by atoms with Crippen LogP contribution in [0, 0.1) is 6.92 Å². The Kier molecular flexibility index (Phi) is 5.46. The smallest absolute Gasteiger partial charge is 0.253 e. The number of carbonyl (C=O) groups excluding carboxylic acids is 1. The molecule has 3 N–H and O–H groups in total. The lowest BCUT2D eigenvalue weighted by Crippen LogP contribution is -2.25. The fourth-order valence-corrected chi connectivity index (χ4v) is 1.63. The van der Waals surface area contributed by atoms with Gasteiger partial charge >= 0.3 is 0 Å². The van der Waals surface area contributed by atoms with Gasteiger partial charge in [-0.15, -0.1) is 0 Å². The Morgan fingerprint density at radius 3 is 2.88 bits per heavy atom. The first-order valence-electron chi connectivity index (χ1n) is 6.15. The summed E-state index contributed by atoms with van der Waals surface area (Å²) < 4.78 is 0. The van der Waals surface area contributed by atoms with E-state index in [0.717, 1.165) is 12.8 Å². The number of carbonyl (C=O) groups is 1. The highest BCUT2D eigenvalue weighted by Gasteiger charge is 2.09. The number of hydrogen-bond acceptors (Lipinski definition) is 3. The second-order valence-electron chi connectivity index (χ2n) is 4.22. The third kappa shape index (κ3) is 4.43. The van der Waals surface area contributed by atoms with Crippen molar-refractivity contribution in [1.82, 2.24) is 10.3 Å². The van der Waals surface area contributed by atoms with Crippen molar-refractivity contribution < 1.29 is 4.79 Å². The Labute approximate surface area is 103 Å². The highest BCUT2D eigenvalue weighted by atomic mass is 16.1. The van der Waals surface area contributed by atoms with Crippen molar-refractivity contribution in [2.24, 2.45) is 0 Å². The Morgan fingerprint density at radius 1 is 1.41 bits per heavy atom. The van der Waals surface area contributed by atoms with Crippen LogP contribution in [0.25, 0.3) is 0 Å². The maximum Gasteiger partial charge on any atom is 0.253 e. The van der Waals surface area contributed by atoms with Gasteiger partial charge in [-0.3, -0.25) is 9.78 Å². The second kappa shape index (κ2) is 6.89. The van der Waals surface area contributed by atoms with E-state index < -0.39 is 0 Å². The molecule has 0 saturated heterocycles. The zero-order valence-electron chi connectivity index (χ0n) is 10.6. The molecule has 17 heavy (non-hydrogen) atoms. The van der Waals surface area contributed by atoms with Gasteiger partial charge in [0, 0.05) is 6.54 Å². The van der Waals surface area contributed by atoms with Gasteiger partial charge in [0.1, 0.15) is 0 Å². The van der Waals surface area contributed by atoms with Crippen LogP contribution in [0.4, 0.5) is 5.69 Å². The molecule has 0 aliphatic rings. The van der Waals surface area contributed by atoms with E-state index in [1.54, 1.807) is 12.3 Å². The van der Waals surface area contributed by atoms with Crippen molar-refractivity contribution in [3.63, 3.8) is 0 Å². The van der Waals surface area contributed by atoms with Crippen LogP contribution in [0.15, 0.2) is 12.3 Å². The molecule has 94 valence electrons.